The topological polar surface area (TPSA) is 27.8 Å². The third kappa shape index (κ3) is 2.63. The van der Waals surface area contributed by atoms with Gasteiger partial charge in [-0.15, -0.1) is 0 Å². The van der Waals surface area contributed by atoms with Gasteiger partial charge in [0.15, 0.2) is 0 Å². The molecule has 2 nitrogen and oxygen atoms in total. The maximum Gasteiger partial charge on any atom is 0.0489 e. The molecule has 0 saturated heterocycles. The molecule has 0 aliphatic heterocycles. The summed E-state index contributed by atoms with van der Waals surface area (Å²) in [6, 6.07) is 8.35. The predicted octanol–water partition coefficient (Wildman–Crippen LogP) is 3.70. The molecule has 0 fully saturated rings. The molecule has 0 aliphatic rings. The quantitative estimate of drug-likeness (QED) is 0.870. The summed E-state index contributed by atoms with van der Waals surface area (Å²) >= 11 is 3.52. The molecule has 1 heterocycles. The van der Waals surface area contributed by atoms with Gasteiger partial charge in [0, 0.05) is 29.1 Å². The van der Waals surface area contributed by atoms with Crippen molar-refractivity contribution in [1.82, 2.24) is 4.98 Å². The third-order valence-electron chi connectivity index (χ3n) is 2.27. The van der Waals surface area contributed by atoms with Crippen molar-refractivity contribution in [2.45, 2.75) is 13.5 Å². The molecule has 1 aromatic carbocycles. The Morgan fingerprint density at radius 2 is 2.20 bits per heavy atom. The van der Waals surface area contributed by atoms with Gasteiger partial charge in [-0.25, -0.2) is 0 Å². The Morgan fingerprint density at radius 3 is 2.93 bits per heavy atom. The van der Waals surface area contributed by atoms with Crippen LogP contribution in [0, 0.1) is 6.92 Å². The Balaban J connectivity index is 2.07. The molecule has 0 amide bonds. The fourth-order valence-corrected chi connectivity index (χ4v) is 1.83. The van der Waals surface area contributed by atoms with Crippen molar-refractivity contribution in [2.75, 3.05) is 5.32 Å². The van der Waals surface area contributed by atoms with Crippen LogP contribution in [-0.4, -0.2) is 4.98 Å². The van der Waals surface area contributed by atoms with E-state index >= 15 is 0 Å². The van der Waals surface area contributed by atoms with Gasteiger partial charge in [0.2, 0.25) is 0 Å². The zero-order chi connectivity index (χ0) is 10.7. The molecular formula is C12H13BrN2. The van der Waals surface area contributed by atoms with Gasteiger partial charge in [-0.05, 0) is 52.2 Å². The average molecular weight is 265 g/mol. The monoisotopic (exact) mass is 264 g/mol. The summed E-state index contributed by atoms with van der Waals surface area (Å²) < 4.78 is 1.10. The van der Waals surface area contributed by atoms with E-state index in [4.69, 9.17) is 0 Å². The lowest BCUT2D eigenvalue weighted by molar-refractivity contribution is 1.15. The van der Waals surface area contributed by atoms with Crippen molar-refractivity contribution < 1.29 is 0 Å². The zero-order valence-corrected chi connectivity index (χ0v) is 10.1. The van der Waals surface area contributed by atoms with E-state index in [9.17, 15) is 0 Å². The first kappa shape index (κ1) is 10.3. The summed E-state index contributed by atoms with van der Waals surface area (Å²) in [5.41, 5.74) is 3.65. The summed E-state index contributed by atoms with van der Waals surface area (Å²) in [5.74, 6) is 0. The van der Waals surface area contributed by atoms with Crippen LogP contribution in [0.3, 0.4) is 0 Å². The molecule has 3 heteroatoms. The molecule has 0 bridgehead atoms. The maximum atomic E-state index is 3.52. The number of rotatable bonds is 3. The van der Waals surface area contributed by atoms with Crippen molar-refractivity contribution in [2.24, 2.45) is 0 Å². The van der Waals surface area contributed by atoms with Crippen molar-refractivity contribution in [1.29, 1.82) is 0 Å². The number of H-pyrrole nitrogens is 1. The molecule has 2 aromatic rings. The lowest BCUT2D eigenvalue weighted by atomic mass is 10.2. The van der Waals surface area contributed by atoms with Gasteiger partial charge in [-0.2, -0.15) is 0 Å². The number of benzene rings is 1. The molecule has 15 heavy (non-hydrogen) atoms. The molecule has 0 unspecified atom stereocenters. The van der Waals surface area contributed by atoms with Crippen LogP contribution in [0.1, 0.15) is 11.1 Å². The van der Waals surface area contributed by atoms with Crippen molar-refractivity contribution >= 4 is 21.6 Å². The van der Waals surface area contributed by atoms with Gasteiger partial charge in [0.05, 0.1) is 0 Å². The second-order valence-electron chi connectivity index (χ2n) is 3.56. The molecule has 0 spiro atoms. The molecule has 1 aromatic heterocycles. The normalized spacial score (nSPS) is 10.3. The largest absolute Gasteiger partial charge is 0.380 e. The number of nitrogens with one attached hydrogen (secondary N) is 2. The van der Waals surface area contributed by atoms with E-state index in [2.05, 4.69) is 57.4 Å². The van der Waals surface area contributed by atoms with E-state index in [1.165, 1.54) is 11.1 Å². The fourth-order valence-electron chi connectivity index (χ4n) is 1.44. The second-order valence-corrected chi connectivity index (χ2v) is 4.41. The maximum absolute atomic E-state index is 3.52. The van der Waals surface area contributed by atoms with Gasteiger partial charge < -0.3 is 10.3 Å². The first-order valence-corrected chi connectivity index (χ1v) is 5.67. The lowest BCUT2D eigenvalue weighted by Gasteiger charge is -2.08. The van der Waals surface area contributed by atoms with Crippen LogP contribution in [0.2, 0.25) is 0 Å². The Bertz CT molecular complexity index is 435. The lowest BCUT2D eigenvalue weighted by Crippen LogP contribution is -1.99. The number of aryl methyl sites for hydroxylation is 1. The van der Waals surface area contributed by atoms with Crippen LogP contribution in [-0.2, 0) is 6.54 Å². The first-order chi connectivity index (χ1) is 7.25. The summed E-state index contributed by atoms with van der Waals surface area (Å²) in [4.78, 5) is 3.04. The van der Waals surface area contributed by atoms with Crippen molar-refractivity contribution in [3.8, 4) is 0 Å². The summed E-state index contributed by atoms with van der Waals surface area (Å²) in [6.07, 6.45) is 3.93. The van der Waals surface area contributed by atoms with Crippen LogP contribution >= 0.6 is 15.9 Å². The number of halogens is 1. The van der Waals surface area contributed by atoms with E-state index in [1.807, 2.05) is 12.4 Å². The van der Waals surface area contributed by atoms with E-state index in [0.717, 1.165) is 16.7 Å². The van der Waals surface area contributed by atoms with Crippen LogP contribution < -0.4 is 5.32 Å². The minimum absolute atomic E-state index is 0.839. The fraction of sp³-hybridized carbons (Fsp3) is 0.167. The van der Waals surface area contributed by atoms with Crippen molar-refractivity contribution in [3.63, 3.8) is 0 Å². The average Bonchev–Trinajstić information content (AvgIpc) is 2.72. The Kier molecular flexibility index (Phi) is 3.11. The highest BCUT2D eigenvalue weighted by molar-refractivity contribution is 9.10. The van der Waals surface area contributed by atoms with Crippen LogP contribution in [0.4, 0.5) is 5.69 Å². The second kappa shape index (κ2) is 4.53. The molecule has 78 valence electrons. The minimum Gasteiger partial charge on any atom is -0.380 e. The van der Waals surface area contributed by atoms with Crippen LogP contribution in [0.25, 0.3) is 0 Å². The van der Waals surface area contributed by atoms with Gasteiger partial charge in [-0.3, -0.25) is 0 Å². The van der Waals surface area contributed by atoms with E-state index in [0.29, 0.717) is 0 Å². The Hall–Kier alpha value is -1.22. The molecule has 2 rings (SSSR count). The highest BCUT2D eigenvalue weighted by atomic mass is 79.9. The number of anilines is 1. The van der Waals surface area contributed by atoms with Gasteiger partial charge in [-0.1, -0.05) is 6.07 Å². The smallest absolute Gasteiger partial charge is 0.0489 e. The standard InChI is InChI=1S/C12H13BrN2/c1-9-2-3-11(13)12(6-9)15-8-10-4-5-14-7-10/h2-7,14-15H,8H2,1H3. The summed E-state index contributed by atoms with van der Waals surface area (Å²) in [7, 11) is 0. The molecule has 2 N–H and O–H groups in total. The number of hydrogen-bond donors (Lipinski definition) is 2. The third-order valence-corrected chi connectivity index (χ3v) is 2.96. The molecule has 0 aliphatic carbocycles. The van der Waals surface area contributed by atoms with E-state index in [1.54, 1.807) is 0 Å². The highest BCUT2D eigenvalue weighted by Crippen LogP contribution is 2.23. The summed E-state index contributed by atoms with van der Waals surface area (Å²) in [5, 5.41) is 3.39. The number of aromatic amines is 1. The number of aromatic nitrogens is 1. The van der Waals surface area contributed by atoms with Gasteiger partial charge in [0.25, 0.3) is 0 Å². The predicted molar refractivity (Wildman–Crippen MR) is 67.0 cm³/mol. The molecule has 0 saturated carbocycles. The van der Waals surface area contributed by atoms with Gasteiger partial charge >= 0.3 is 0 Å². The van der Waals surface area contributed by atoms with E-state index in [-0.39, 0.29) is 0 Å². The molecule has 0 atom stereocenters. The molecule has 0 radical (unpaired) electrons. The number of hydrogen-bond acceptors (Lipinski definition) is 1. The Labute approximate surface area is 97.8 Å². The van der Waals surface area contributed by atoms with Crippen LogP contribution in [0.15, 0.2) is 41.1 Å². The minimum atomic E-state index is 0.839. The zero-order valence-electron chi connectivity index (χ0n) is 8.55. The summed E-state index contributed by atoms with van der Waals surface area (Å²) in [6.45, 7) is 2.93. The highest BCUT2D eigenvalue weighted by Gasteiger charge is 1.99. The first-order valence-electron chi connectivity index (χ1n) is 4.87. The SMILES string of the molecule is Cc1ccc(Br)c(NCc2cc[nH]c2)c1. The van der Waals surface area contributed by atoms with E-state index < -0.39 is 0 Å². The van der Waals surface area contributed by atoms with Crippen LogP contribution in [0.5, 0.6) is 0 Å². The van der Waals surface area contributed by atoms with Crippen molar-refractivity contribution in [3.05, 3.63) is 52.3 Å². The molecular weight excluding hydrogens is 252 g/mol. The van der Waals surface area contributed by atoms with Gasteiger partial charge in [0.1, 0.15) is 0 Å². The Morgan fingerprint density at radius 1 is 1.33 bits per heavy atom.